The van der Waals surface area contributed by atoms with E-state index in [9.17, 15) is 4.79 Å². The average Bonchev–Trinajstić information content (AvgIpc) is 2.29. The van der Waals surface area contributed by atoms with Gasteiger partial charge in [0.05, 0.1) is 12.2 Å². The molecule has 0 saturated carbocycles. The highest BCUT2D eigenvalue weighted by atomic mass is 79.9. The first kappa shape index (κ1) is 13.9. The summed E-state index contributed by atoms with van der Waals surface area (Å²) in [4.78, 5) is 15.3. The zero-order valence-corrected chi connectivity index (χ0v) is 13.2. The number of hydrogen-bond donors (Lipinski definition) is 1. The van der Waals surface area contributed by atoms with Crippen LogP contribution in [0.25, 0.3) is 0 Å². The van der Waals surface area contributed by atoms with Crippen LogP contribution in [0.5, 0.6) is 0 Å². The molecule has 0 spiro atoms. The fourth-order valence-electron chi connectivity index (χ4n) is 2.16. The van der Waals surface area contributed by atoms with Crippen LogP contribution in [-0.4, -0.2) is 31.3 Å². The number of carbonyl (C=O) groups excluding carboxylic acids is 1. The lowest BCUT2D eigenvalue weighted by Gasteiger charge is -2.35. The third kappa shape index (κ3) is 2.58. The van der Waals surface area contributed by atoms with Crippen LogP contribution in [0.3, 0.4) is 0 Å². The molecule has 1 aliphatic rings. The minimum Gasteiger partial charge on any atom is -0.311 e. The van der Waals surface area contributed by atoms with Gasteiger partial charge in [0.2, 0.25) is 5.91 Å². The van der Waals surface area contributed by atoms with Gasteiger partial charge in [0.15, 0.2) is 0 Å². The highest BCUT2D eigenvalue weighted by Gasteiger charge is 2.30. The molecule has 1 amide bonds. The number of anilines is 1. The number of aryl methyl sites for hydroxylation is 1. The number of likely N-dealkylation sites (N-methyl/N-ethyl adjacent to an activating group) is 1. The van der Waals surface area contributed by atoms with Gasteiger partial charge in [0, 0.05) is 21.2 Å². The Hall–Kier alpha value is -0.520. The quantitative estimate of drug-likeness (QED) is 0.906. The van der Waals surface area contributed by atoms with E-state index in [1.807, 2.05) is 16.7 Å². The first-order chi connectivity index (χ1) is 8.54. The molecule has 1 N–H and O–H groups in total. The van der Waals surface area contributed by atoms with Gasteiger partial charge in [-0.05, 0) is 54.5 Å². The van der Waals surface area contributed by atoms with Gasteiger partial charge in [-0.2, -0.15) is 0 Å². The monoisotopic (exact) mass is 328 g/mol. The number of nitrogens with one attached hydrogen (secondary N) is 1. The van der Waals surface area contributed by atoms with Crippen molar-refractivity contribution in [1.82, 2.24) is 5.32 Å². The van der Waals surface area contributed by atoms with Crippen LogP contribution in [-0.2, 0) is 4.79 Å². The van der Waals surface area contributed by atoms with Crippen molar-refractivity contribution in [2.24, 2.45) is 0 Å². The Labute approximate surface area is 120 Å². The molecule has 18 heavy (non-hydrogen) atoms. The number of amides is 1. The first-order valence-corrected chi connectivity index (χ1v) is 7.72. The zero-order chi connectivity index (χ0) is 13.3. The van der Waals surface area contributed by atoms with Crippen molar-refractivity contribution >= 4 is 39.3 Å². The molecule has 5 heteroatoms. The highest BCUT2D eigenvalue weighted by Crippen LogP contribution is 2.42. The third-order valence-electron chi connectivity index (χ3n) is 2.93. The molecule has 2 rings (SSSR count). The largest absolute Gasteiger partial charge is 0.311 e. The highest BCUT2D eigenvalue weighted by molar-refractivity contribution is 9.10. The summed E-state index contributed by atoms with van der Waals surface area (Å²) in [7, 11) is 1.80. The predicted molar refractivity (Wildman–Crippen MR) is 80.5 cm³/mol. The number of benzene rings is 1. The fraction of sp³-hybridized carbons (Fsp3) is 0.462. The molecule has 3 nitrogen and oxygen atoms in total. The maximum atomic E-state index is 12.2. The lowest BCUT2D eigenvalue weighted by atomic mass is 10.1. The van der Waals surface area contributed by atoms with Crippen molar-refractivity contribution in [2.75, 3.05) is 24.2 Å². The normalized spacial score (nSPS) is 18.7. The van der Waals surface area contributed by atoms with Crippen molar-refractivity contribution in [3.63, 3.8) is 0 Å². The molecule has 1 atom stereocenters. The molecule has 1 aromatic rings. The second-order valence-electron chi connectivity index (χ2n) is 4.55. The Morgan fingerprint density at radius 3 is 3.00 bits per heavy atom. The molecule has 0 radical (unpaired) electrons. The summed E-state index contributed by atoms with van der Waals surface area (Å²) in [5, 5.41) is 2.93. The maximum Gasteiger partial charge on any atom is 0.241 e. The van der Waals surface area contributed by atoms with Crippen LogP contribution >= 0.6 is 27.7 Å². The number of fused-ring (bicyclic) bond motifs is 1. The summed E-state index contributed by atoms with van der Waals surface area (Å²) in [5.41, 5.74) is 2.23. The van der Waals surface area contributed by atoms with Gasteiger partial charge >= 0.3 is 0 Å². The SMILES string of the molecule is CNCC(=O)N1c2c(Br)cc(C)cc2SCC1C. The van der Waals surface area contributed by atoms with Crippen molar-refractivity contribution in [3.8, 4) is 0 Å². The Morgan fingerprint density at radius 1 is 1.61 bits per heavy atom. The van der Waals surface area contributed by atoms with E-state index in [0.29, 0.717) is 6.54 Å². The summed E-state index contributed by atoms with van der Waals surface area (Å²) in [6, 6.07) is 4.44. The molecule has 98 valence electrons. The van der Waals surface area contributed by atoms with Gasteiger partial charge in [-0.3, -0.25) is 4.79 Å². The Balaban J connectivity index is 2.47. The van der Waals surface area contributed by atoms with Crippen molar-refractivity contribution in [3.05, 3.63) is 22.2 Å². The van der Waals surface area contributed by atoms with Crippen LogP contribution in [0.2, 0.25) is 0 Å². The average molecular weight is 329 g/mol. The van der Waals surface area contributed by atoms with Gasteiger partial charge in [0.1, 0.15) is 0 Å². The van der Waals surface area contributed by atoms with Crippen molar-refractivity contribution in [2.45, 2.75) is 24.8 Å². The molecule has 0 fully saturated rings. The van der Waals surface area contributed by atoms with Crippen LogP contribution in [0.15, 0.2) is 21.5 Å². The van der Waals surface area contributed by atoms with E-state index >= 15 is 0 Å². The summed E-state index contributed by atoms with van der Waals surface area (Å²) >= 11 is 5.41. The van der Waals surface area contributed by atoms with Gasteiger partial charge in [-0.15, -0.1) is 11.8 Å². The van der Waals surface area contributed by atoms with Crippen LogP contribution in [0, 0.1) is 6.92 Å². The van der Waals surface area contributed by atoms with Crippen LogP contribution in [0.1, 0.15) is 12.5 Å². The van der Waals surface area contributed by atoms with Gasteiger partial charge in [-0.25, -0.2) is 0 Å². The molecule has 0 aliphatic carbocycles. The summed E-state index contributed by atoms with van der Waals surface area (Å²) < 4.78 is 1.00. The maximum absolute atomic E-state index is 12.2. The van der Waals surface area contributed by atoms with Gasteiger partial charge in [0.25, 0.3) is 0 Å². The van der Waals surface area contributed by atoms with E-state index < -0.39 is 0 Å². The minimum absolute atomic E-state index is 0.121. The second-order valence-corrected chi connectivity index (χ2v) is 6.46. The standard InChI is InChI=1S/C13H17BrN2OS/c1-8-4-10(14)13-11(5-8)18-7-9(2)16(13)12(17)6-15-3/h4-5,9,15H,6-7H2,1-3H3. The lowest BCUT2D eigenvalue weighted by Crippen LogP contribution is -2.46. The van der Waals surface area contributed by atoms with Crippen molar-refractivity contribution in [1.29, 1.82) is 0 Å². The Kier molecular flexibility index (Phi) is 4.35. The Bertz CT molecular complexity index is 478. The van der Waals surface area contributed by atoms with Crippen LogP contribution in [0.4, 0.5) is 5.69 Å². The predicted octanol–water partition coefficient (Wildman–Crippen LogP) is 2.80. The number of rotatable bonds is 2. The lowest BCUT2D eigenvalue weighted by molar-refractivity contribution is -0.118. The molecule has 1 aliphatic heterocycles. The summed E-state index contributed by atoms with van der Waals surface area (Å²) in [6.07, 6.45) is 0. The van der Waals surface area contributed by atoms with E-state index in [0.717, 1.165) is 15.9 Å². The smallest absolute Gasteiger partial charge is 0.241 e. The first-order valence-electron chi connectivity index (χ1n) is 5.94. The molecular weight excluding hydrogens is 312 g/mol. The summed E-state index contributed by atoms with van der Waals surface area (Å²) in [5.74, 6) is 1.06. The van der Waals surface area contributed by atoms with Gasteiger partial charge < -0.3 is 10.2 Å². The molecule has 1 unspecified atom stereocenters. The van der Waals surface area contributed by atoms with Crippen LogP contribution < -0.4 is 10.2 Å². The number of thioether (sulfide) groups is 1. The molecule has 0 bridgehead atoms. The fourth-order valence-corrected chi connectivity index (χ4v) is 4.24. The zero-order valence-electron chi connectivity index (χ0n) is 10.8. The van der Waals surface area contributed by atoms with E-state index in [4.69, 9.17) is 0 Å². The van der Waals surface area contributed by atoms with E-state index in [1.54, 1.807) is 7.05 Å². The molecule has 1 aromatic carbocycles. The van der Waals surface area contributed by atoms with E-state index in [2.05, 4.69) is 47.2 Å². The molecular formula is C13H17BrN2OS. The van der Waals surface area contributed by atoms with E-state index in [1.165, 1.54) is 10.5 Å². The third-order valence-corrected chi connectivity index (χ3v) is 4.81. The molecule has 0 saturated heterocycles. The topological polar surface area (TPSA) is 32.3 Å². The van der Waals surface area contributed by atoms with E-state index in [-0.39, 0.29) is 11.9 Å². The van der Waals surface area contributed by atoms with Crippen molar-refractivity contribution < 1.29 is 4.79 Å². The minimum atomic E-state index is 0.121. The second kappa shape index (κ2) is 5.63. The molecule has 0 aromatic heterocycles. The summed E-state index contributed by atoms with van der Waals surface area (Å²) in [6.45, 7) is 4.54. The number of halogens is 1. The number of hydrogen-bond acceptors (Lipinski definition) is 3. The number of carbonyl (C=O) groups is 1. The molecule has 1 heterocycles. The Morgan fingerprint density at radius 2 is 2.33 bits per heavy atom. The number of nitrogens with zero attached hydrogens (tertiary/aromatic N) is 1. The van der Waals surface area contributed by atoms with Gasteiger partial charge in [-0.1, -0.05) is 0 Å².